The van der Waals surface area contributed by atoms with Crippen LogP contribution in [0.25, 0.3) is 22.2 Å². The first kappa shape index (κ1) is 16.4. The van der Waals surface area contributed by atoms with Gasteiger partial charge in [-0.3, -0.25) is 4.79 Å². The Morgan fingerprint density at radius 2 is 2.24 bits per heavy atom. The summed E-state index contributed by atoms with van der Waals surface area (Å²) in [6.07, 6.45) is 2.32. The highest BCUT2D eigenvalue weighted by atomic mass is 35.5. The quantitative estimate of drug-likeness (QED) is 0.713. The molecule has 3 aromatic rings. The number of hydrogen-bond acceptors (Lipinski definition) is 4. The molecule has 0 saturated heterocycles. The summed E-state index contributed by atoms with van der Waals surface area (Å²) in [4.78, 5) is 18.4. The molecule has 1 aromatic carbocycles. The first-order chi connectivity index (χ1) is 12.0. The molecular formula is C16H15Cl2N5O2. The molecule has 1 amide bonds. The van der Waals surface area contributed by atoms with Crippen LogP contribution in [0.3, 0.4) is 0 Å². The summed E-state index contributed by atoms with van der Waals surface area (Å²) in [5.74, 6) is -0.291. The van der Waals surface area contributed by atoms with E-state index in [0.717, 1.165) is 27.7 Å². The second-order valence-electron chi connectivity index (χ2n) is 5.99. The molecule has 1 aliphatic rings. The fourth-order valence-electron chi connectivity index (χ4n) is 3.32. The average molecular weight is 380 g/mol. The number of aryl methyl sites for hydroxylation is 1. The molecule has 0 bridgehead atoms. The molecule has 1 aliphatic heterocycles. The van der Waals surface area contributed by atoms with E-state index in [0.29, 0.717) is 35.2 Å². The molecule has 0 radical (unpaired) electrons. The van der Waals surface area contributed by atoms with Gasteiger partial charge in [0, 0.05) is 48.8 Å². The summed E-state index contributed by atoms with van der Waals surface area (Å²) in [6, 6.07) is 1.77. The summed E-state index contributed by atoms with van der Waals surface area (Å²) in [6.45, 7) is 0.451. The van der Waals surface area contributed by atoms with Crippen molar-refractivity contribution in [2.24, 2.45) is 7.05 Å². The number of halogens is 2. The zero-order valence-electron chi connectivity index (χ0n) is 13.4. The molecule has 2 N–H and O–H groups in total. The number of nitrogens with zero attached hydrogens (tertiary/aromatic N) is 4. The molecule has 0 atom stereocenters. The number of aromatic nitrogens is 4. The molecule has 3 heterocycles. The number of benzene rings is 1. The summed E-state index contributed by atoms with van der Waals surface area (Å²) in [5.41, 5.74) is 4.22. The summed E-state index contributed by atoms with van der Waals surface area (Å²) < 4.78 is 0. The van der Waals surface area contributed by atoms with Crippen LogP contribution in [0.15, 0.2) is 12.3 Å². The lowest BCUT2D eigenvalue weighted by atomic mass is 9.99. The maximum atomic E-state index is 11.9. The minimum atomic E-state index is -0.499. The van der Waals surface area contributed by atoms with Gasteiger partial charge in [-0.1, -0.05) is 23.2 Å². The van der Waals surface area contributed by atoms with E-state index in [1.165, 1.54) is 4.80 Å². The van der Waals surface area contributed by atoms with Gasteiger partial charge in [0.15, 0.2) is 0 Å². The van der Waals surface area contributed by atoms with Crippen molar-refractivity contribution in [2.45, 2.75) is 13.0 Å². The standard InChI is InChI=1S/C16H15Cl2N5O2/c1-22-19-5-12(21-22)8-4-10(17)15(18)16-14(8)9-6-23(13(25)7-24)3-2-11(9)20-16/h4-5,20,24H,2-3,6-7H2,1H3. The third kappa shape index (κ3) is 2.59. The van der Waals surface area contributed by atoms with E-state index in [-0.39, 0.29) is 5.91 Å². The van der Waals surface area contributed by atoms with E-state index in [2.05, 4.69) is 15.2 Å². The molecule has 0 aliphatic carbocycles. The van der Waals surface area contributed by atoms with Crippen LogP contribution in [0.5, 0.6) is 0 Å². The van der Waals surface area contributed by atoms with Crippen molar-refractivity contribution in [2.75, 3.05) is 13.2 Å². The first-order valence-electron chi connectivity index (χ1n) is 7.76. The van der Waals surface area contributed by atoms with Gasteiger partial charge in [-0.05, 0) is 6.07 Å². The Labute approximate surface area is 153 Å². The van der Waals surface area contributed by atoms with Crippen LogP contribution in [0.1, 0.15) is 11.3 Å². The smallest absolute Gasteiger partial charge is 0.248 e. The molecule has 25 heavy (non-hydrogen) atoms. The van der Waals surface area contributed by atoms with Gasteiger partial charge in [-0.2, -0.15) is 15.0 Å². The predicted molar refractivity (Wildman–Crippen MR) is 94.5 cm³/mol. The number of carbonyl (C=O) groups excluding carboxylic acids is 1. The normalized spacial score (nSPS) is 14.2. The molecule has 4 rings (SSSR count). The average Bonchev–Trinajstić information content (AvgIpc) is 3.20. The van der Waals surface area contributed by atoms with Crippen molar-refractivity contribution in [3.63, 3.8) is 0 Å². The van der Waals surface area contributed by atoms with Gasteiger partial charge in [-0.15, -0.1) is 0 Å². The van der Waals surface area contributed by atoms with Crippen molar-refractivity contribution in [1.29, 1.82) is 0 Å². The minimum Gasteiger partial charge on any atom is -0.387 e. The topological polar surface area (TPSA) is 87.0 Å². The van der Waals surface area contributed by atoms with Gasteiger partial charge in [0.1, 0.15) is 12.3 Å². The highest BCUT2D eigenvalue weighted by molar-refractivity contribution is 6.45. The Morgan fingerprint density at radius 3 is 2.92 bits per heavy atom. The Hall–Kier alpha value is -2.09. The van der Waals surface area contributed by atoms with Crippen molar-refractivity contribution in [3.05, 3.63) is 33.6 Å². The van der Waals surface area contributed by atoms with Gasteiger partial charge in [0.2, 0.25) is 5.91 Å². The number of carbonyl (C=O) groups is 1. The van der Waals surface area contributed by atoms with E-state index in [1.54, 1.807) is 24.2 Å². The second-order valence-corrected chi connectivity index (χ2v) is 6.78. The maximum Gasteiger partial charge on any atom is 0.248 e. The first-order valence-corrected chi connectivity index (χ1v) is 8.52. The number of aromatic amines is 1. The SMILES string of the molecule is Cn1ncc(-c2cc(Cl)c(Cl)c3[nH]c4c(c23)CN(C(=O)CO)CC4)n1. The van der Waals surface area contributed by atoms with E-state index >= 15 is 0 Å². The Balaban J connectivity index is 1.96. The fraction of sp³-hybridized carbons (Fsp3) is 0.312. The molecule has 0 unspecified atom stereocenters. The number of aliphatic hydroxyl groups is 1. The van der Waals surface area contributed by atoms with Crippen molar-refractivity contribution >= 4 is 40.0 Å². The van der Waals surface area contributed by atoms with Crippen LogP contribution in [-0.4, -0.2) is 49.0 Å². The monoisotopic (exact) mass is 379 g/mol. The number of nitrogens with one attached hydrogen (secondary N) is 1. The Bertz CT molecular complexity index is 994. The molecule has 0 spiro atoms. The summed E-state index contributed by atoms with van der Waals surface area (Å²) in [5, 5.41) is 19.4. The Kier molecular flexibility index (Phi) is 3.94. The van der Waals surface area contributed by atoms with Crippen LogP contribution in [0.2, 0.25) is 10.0 Å². The maximum absolute atomic E-state index is 11.9. The van der Waals surface area contributed by atoms with Crippen molar-refractivity contribution in [3.8, 4) is 11.3 Å². The zero-order valence-corrected chi connectivity index (χ0v) is 14.9. The van der Waals surface area contributed by atoms with Gasteiger partial charge in [0.05, 0.1) is 21.8 Å². The highest BCUT2D eigenvalue weighted by Gasteiger charge is 2.27. The van der Waals surface area contributed by atoms with E-state index in [4.69, 9.17) is 28.3 Å². The molecular weight excluding hydrogens is 365 g/mol. The van der Waals surface area contributed by atoms with Gasteiger partial charge >= 0.3 is 0 Å². The van der Waals surface area contributed by atoms with Crippen molar-refractivity contribution < 1.29 is 9.90 Å². The van der Waals surface area contributed by atoms with Crippen LogP contribution in [0, 0.1) is 0 Å². The molecule has 0 saturated carbocycles. The molecule has 9 heteroatoms. The molecule has 130 valence electrons. The number of H-pyrrole nitrogens is 1. The van der Waals surface area contributed by atoms with Crippen LogP contribution >= 0.6 is 23.2 Å². The van der Waals surface area contributed by atoms with E-state index < -0.39 is 6.61 Å². The van der Waals surface area contributed by atoms with E-state index in [9.17, 15) is 4.79 Å². The summed E-state index contributed by atoms with van der Waals surface area (Å²) in [7, 11) is 1.74. The Morgan fingerprint density at radius 1 is 1.44 bits per heavy atom. The van der Waals surface area contributed by atoms with Gasteiger partial charge < -0.3 is 15.0 Å². The largest absolute Gasteiger partial charge is 0.387 e. The molecule has 7 nitrogen and oxygen atoms in total. The fourth-order valence-corrected chi connectivity index (χ4v) is 3.72. The molecule has 0 fully saturated rings. The molecule has 2 aromatic heterocycles. The third-order valence-corrected chi connectivity index (χ3v) is 5.29. The number of amides is 1. The lowest BCUT2D eigenvalue weighted by Crippen LogP contribution is -2.37. The highest BCUT2D eigenvalue weighted by Crippen LogP contribution is 2.41. The van der Waals surface area contributed by atoms with Crippen LogP contribution in [-0.2, 0) is 24.8 Å². The van der Waals surface area contributed by atoms with Gasteiger partial charge in [0.25, 0.3) is 0 Å². The second kappa shape index (κ2) is 6.01. The van der Waals surface area contributed by atoms with Crippen LogP contribution < -0.4 is 0 Å². The number of rotatable bonds is 2. The number of aliphatic hydroxyl groups excluding tert-OH is 1. The minimum absolute atomic E-state index is 0.291. The predicted octanol–water partition coefficient (Wildman–Crippen LogP) is 2.15. The third-order valence-electron chi connectivity index (χ3n) is 4.51. The lowest BCUT2D eigenvalue weighted by Gasteiger charge is -2.26. The van der Waals surface area contributed by atoms with Crippen LogP contribution in [0.4, 0.5) is 0 Å². The number of fused-ring (bicyclic) bond motifs is 3. The number of hydrogen-bond donors (Lipinski definition) is 2. The summed E-state index contributed by atoms with van der Waals surface area (Å²) >= 11 is 12.7. The lowest BCUT2D eigenvalue weighted by molar-refractivity contribution is -0.135. The van der Waals surface area contributed by atoms with Crippen molar-refractivity contribution in [1.82, 2.24) is 24.9 Å². The van der Waals surface area contributed by atoms with E-state index in [1.807, 2.05) is 0 Å². The zero-order chi connectivity index (χ0) is 17.7. The van der Waals surface area contributed by atoms with Gasteiger partial charge in [-0.25, -0.2) is 0 Å².